The summed E-state index contributed by atoms with van der Waals surface area (Å²) in [4.78, 5) is 3.92. The Kier molecular flexibility index (Phi) is 2.65. The van der Waals surface area contributed by atoms with E-state index in [4.69, 9.17) is 4.42 Å². The van der Waals surface area contributed by atoms with Crippen LogP contribution in [0, 0.1) is 0 Å². The third-order valence-corrected chi connectivity index (χ3v) is 2.57. The van der Waals surface area contributed by atoms with Gasteiger partial charge in [0.15, 0.2) is 0 Å². The summed E-state index contributed by atoms with van der Waals surface area (Å²) in [6.07, 6.45) is 4.06. The van der Waals surface area contributed by atoms with E-state index in [9.17, 15) is 5.11 Å². The molecule has 0 aliphatic heterocycles. The number of rotatable bonds is 2. The van der Waals surface area contributed by atoms with Crippen molar-refractivity contribution in [1.29, 1.82) is 0 Å². The van der Waals surface area contributed by atoms with Gasteiger partial charge in [-0.2, -0.15) is 0 Å². The molecule has 2 aromatic heterocycles. The first-order valence-corrected chi connectivity index (χ1v) is 4.89. The minimum atomic E-state index is -0.748. The zero-order valence-electron chi connectivity index (χ0n) is 7.22. The number of furan rings is 1. The third kappa shape index (κ3) is 1.71. The van der Waals surface area contributed by atoms with Gasteiger partial charge in [0.25, 0.3) is 0 Å². The summed E-state index contributed by atoms with van der Waals surface area (Å²) in [5.74, 6) is 0.525. The van der Waals surface area contributed by atoms with Crippen molar-refractivity contribution < 1.29 is 9.52 Å². The van der Waals surface area contributed by atoms with E-state index in [-0.39, 0.29) is 0 Å². The topological polar surface area (TPSA) is 46.3 Å². The van der Waals surface area contributed by atoms with Crippen LogP contribution in [0.2, 0.25) is 0 Å². The van der Waals surface area contributed by atoms with Crippen LogP contribution < -0.4 is 0 Å². The number of hydrogen-bond donors (Lipinski definition) is 1. The molecule has 1 unspecified atom stereocenters. The molecule has 72 valence electrons. The van der Waals surface area contributed by atoms with Crippen LogP contribution in [0.15, 0.2) is 45.7 Å². The highest BCUT2D eigenvalue weighted by Gasteiger charge is 2.15. The normalized spacial score (nSPS) is 12.7. The number of aromatic nitrogens is 1. The average Bonchev–Trinajstić information content (AvgIpc) is 2.70. The zero-order valence-corrected chi connectivity index (χ0v) is 8.81. The van der Waals surface area contributed by atoms with Crippen LogP contribution in [-0.2, 0) is 0 Å². The summed E-state index contributed by atoms with van der Waals surface area (Å²) in [7, 11) is 0. The molecule has 2 aromatic rings. The molecule has 2 rings (SSSR count). The standard InChI is InChI=1S/C10H8BrNO2/c11-8-6-12-4-3-7(8)10(13)9-2-1-5-14-9/h1-6,10,13H. The van der Waals surface area contributed by atoms with Crippen molar-refractivity contribution >= 4 is 15.9 Å². The van der Waals surface area contributed by atoms with Gasteiger partial charge < -0.3 is 9.52 Å². The molecule has 0 amide bonds. The second kappa shape index (κ2) is 3.94. The van der Waals surface area contributed by atoms with Crippen LogP contribution in [0.1, 0.15) is 17.4 Å². The molecule has 0 saturated carbocycles. The molecule has 0 bridgehead atoms. The number of hydrogen-bond acceptors (Lipinski definition) is 3. The summed E-state index contributed by atoms with van der Waals surface area (Å²) in [5, 5.41) is 9.91. The molecular formula is C10H8BrNO2. The summed E-state index contributed by atoms with van der Waals surface area (Å²) in [6.45, 7) is 0. The Morgan fingerprint density at radius 2 is 2.29 bits per heavy atom. The Balaban J connectivity index is 2.37. The predicted molar refractivity (Wildman–Crippen MR) is 54.7 cm³/mol. The number of aliphatic hydroxyl groups is 1. The zero-order chi connectivity index (χ0) is 9.97. The molecule has 0 saturated heterocycles. The highest BCUT2D eigenvalue weighted by atomic mass is 79.9. The first kappa shape index (κ1) is 9.43. The molecule has 0 radical (unpaired) electrons. The quantitative estimate of drug-likeness (QED) is 0.895. The third-order valence-electron chi connectivity index (χ3n) is 1.91. The van der Waals surface area contributed by atoms with Crippen molar-refractivity contribution in [2.24, 2.45) is 0 Å². The molecule has 3 nitrogen and oxygen atoms in total. The predicted octanol–water partition coefficient (Wildman–Crippen LogP) is 2.52. The van der Waals surface area contributed by atoms with Gasteiger partial charge in [-0.05, 0) is 34.1 Å². The minimum absolute atomic E-state index is 0.525. The van der Waals surface area contributed by atoms with Gasteiger partial charge >= 0.3 is 0 Å². The van der Waals surface area contributed by atoms with E-state index in [2.05, 4.69) is 20.9 Å². The van der Waals surface area contributed by atoms with Crippen molar-refractivity contribution in [1.82, 2.24) is 4.98 Å². The minimum Gasteiger partial charge on any atom is -0.466 e. The maximum absolute atomic E-state index is 9.91. The van der Waals surface area contributed by atoms with Crippen LogP contribution in [0.25, 0.3) is 0 Å². The molecule has 14 heavy (non-hydrogen) atoms. The van der Waals surface area contributed by atoms with Crippen molar-refractivity contribution in [2.45, 2.75) is 6.10 Å². The number of pyridine rings is 1. The molecule has 1 atom stereocenters. The Hall–Kier alpha value is -1.13. The molecule has 2 heterocycles. The van der Waals surface area contributed by atoms with Gasteiger partial charge in [0.05, 0.1) is 6.26 Å². The van der Waals surface area contributed by atoms with Gasteiger partial charge in [-0.15, -0.1) is 0 Å². The number of halogens is 1. The fourth-order valence-corrected chi connectivity index (χ4v) is 1.68. The van der Waals surface area contributed by atoms with Gasteiger partial charge in [0.2, 0.25) is 0 Å². The lowest BCUT2D eigenvalue weighted by molar-refractivity contribution is 0.188. The Morgan fingerprint density at radius 3 is 2.93 bits per heavy atom. The summed E-state index contributed by atoms with van der Waals surface area (Å²) in [5.41, 5.74) is 0.745. The second-order valence-electron chi connectivity index (χ2n) is 2.82. The van der Waals surface area contributed by atoms with Crippen LogP contribution >= 0.6 is 15.9 Å². The van der Waals surface area contributed by atoms with Crippen molar-refractivity contribution in [3.05, 3.63) is 52.7 Å². The van der Waals surface area contributed by atoms with E-state index in [0.29, 0.717) is 5.76 Å². The van der Waals surface area contributed by atoms with Gasteiger partial charge in [-0.3, -0.25) is 4.98 Å². The fourth-order valence-electron chi connectivity index (χ4n) is 1.21. The van der Waals surface area contributed by atoms with Crippen LogP contribution in [0.4, 0.5) is 0 Å². The fraction of sp³-hybridized carbons (Fsp3) is 0.100. The average molecular weight is 254 g/mol. The van der Waals surface area contributed by atoms with E-state index in [1.54, 1.807) is 30.6 Å². The van der Waals surface area contributed by atoms with E-state index < -0.39 is 6.10 Å². The molecule has 0 aliphatic carbocycles. The van der Waals surface area contributed by atoms with E-state index in [0.717, 1.165) is 10.0 Å². The monoisotopic (exact) mass is 253 g/mol. The second-order valence-corrected chi connectivity index (χ2v) is 3.67. The molecule has 0 aromatic carbocycles. The summed E-state index contributed by atoms with van der Waals surface area (Å²) in [6, 6.07) is 5.22. The molecular weight excluding hydrogens is 246 g/mol. The number of aliphatic hydroxyl groups excluding tert-OH is 1. The number of nitrogens with zero attached hydrogens (tertiary/aromatic N) is 1. The smallest absolute Gasteiger partial charge is 0.138 e. The Labute approximate surface area is 89.5 Å². The lowest BCUT2D eigenvalue weighted by atomic mass is 10.1. The van der Waals surface area contributed by atoms with Crippen LogP contribution in [0.3, 0.4) is 0 Å². The molecule has 0 aliphatic rings. The lowest BCUT2D eigenvalue weighted by Gasteiger charge is -2.09. The van der Waals surface area contributed by atoms with Crippen LogP contribution in [0.5, 0.6) is 0 Å². The first-order chi connectivity index (χ1) is 6.79. The maximum Gasteiger partial charge on any atom is 0.138 e. The lowest BCUT2D eigenvalue weighted by Crippen LogP contribution is -1.99. The maximum atomic E-state index is 9.91. The summed E-state index contributed by atoms with van der Waals surface area (Å²) < 4.78 is 5.88. The summed E-state index contributed by atoms with van der Waals surface area (Å²) >= 11 is 3.32. The van der Waals surface area contributed by atoms with Gasteiger partial charge in [-0.1, -0.05) is 0 Å². The molecule has 0 fully saturated rings. The molecule has 1 N–H and O–H groups in total. The largest absolute Gasteiger partial charge is 0.466 e. The highest BCUT2D eigenvalue weighted by Crippen LogP contribution is 2.27. The van der Waals surface area contributed by atoms with E-state index in [1.807, 2.05) is 0 Å². The van der Waals surface area contributed by atoms with Crippen LogP contribution in [-0.4, -0.2) is 10.1 Å². The van der Waals surface area contributed by atoms with E-state index >= 15 is 0 Å². The highest BCUT2D eigenvalue weighted by molar-refractivity contribution is 9.10. The van der Waals surface area contributed by atoms with Crippen molar-refractivity contribution in [3.63, 3.8) is 0 Å². The van der Waals surface area contributed by atoms with Crippen molar-refractivity contribution in [3.8, 4) is 0 Å². The van der Waals surface area contributed by atoms with Gasteiger partial charge in [0.1, 0.15) is 11.9 Å². The Morgan fingerprint density at radius 1 is 1.43 bits per heavy atom. The first-order valence-electron chi connectivity index (χ1n) is 4.10. The van der Waals surface area contributed by atoms with Crippen molar-refractivity contribution in [2.75, 3.05) is 0 Å². The molecule has 4 heteroatoms. The van der Waals surface area contributed by atoms with Gasteiger partial charge in [0, 0.05) is 22.4 Å². The Bertz CT molecular complexity index is 414. The van der Waals surface area contributed by atoms with Gasteiger partial charge in [-0.25, -0.2) is 0 Å². The van der Waals surface area contributed by atoms with E-state index in [1.165, 1.54) is 6.26 Å². The SMILES string of the molecule is OC(c1ccco1)c1ccncc1Br. The molecule has 0 spiro atoms.